The monoisotopic (exact) mass is 318 g/mol. The molecule has 2 aromatic rings. The molecule has 2 rings (SSSR count). The topological polar surface area (TPSA) is 71.5 Å². The van der Waals surface area contributed by atoms with Gasteiger partial charge in [0, 0.05) is 6.54 Å². The number of hydrogen-bond donors (Lipinski definition) is 2. The Labute approximate surface area is 133 Å². The Morgan fingerprint density at radius 1 is 1.27 bits per heavy atom. The number of pyridine rings is 1. The first-order valence-corrected chi connectivity index (χ1v) is 6.99. The van der Waals surface area contributed by atoms with Crippen molar-refractivity contribution in [1.29, 1.82) is 0 Å². The van der Waals surface area contributed by atoms with E-state index in [0.717, 1.165) is 5.56 Å². The van der Waals surface area contributed by atoms with Gasteiger partial charge in [0.05, 0.1) is 5.69 Å². The predicted octanol–water partition coefficient (Wildman–Crippen LogP) is 3.38. The van der Waals surface area contributed by atoms with Crippen LogP contribution in [0.2, 0.25) is 5.15 Å². The van der Waals surface area contributed by atoms with Gasteiger partial charge in [0.1, 0.15) is 6.61 Å². The molecular weight excluding hydrogens is 304 g/mol. The van der Waals surface area contributed by atoms with Crippen LogP contribution in [-0.2, 0) is 11.3 Å². The summed E-state index contributed by atoms with van der Waals surface area (Å²) in [6.07, 6.45) is 2.90. The summed E-state index contributed by atoms with van der Waals surface area (Å²) in [4.78, 5) is 15.4. The van der Waals surface area contributed by atoms with Crippen molar-refractivity contribution >= 4 is 23.8 Å². The average Bonchev–Trinajstić information content (AvgIpc) is 2.54. The highest BCUT2D eigenvalue weighted by Crippen LogP contribution is 2.20. The summed E-state index contributed by atoms with van der Waals surface area (Å²) in [5.41, 5.74) is 1.51. The highest BCUT2D eigenvalue weighted by atomic mass is 35.5. The highest BCUT2D eigenvalue weighted by Gasteiger charge is 2.01. The molecule has 0 aliphatic rings. The number of hydrogen-bond acceptors (Lipinski definition) is 4. The molecule has 1 aromatic heterocycles. The van der Waals surface area contributed by atoms with Gasteiger partial charge >= 0.3 is 6.09 Å². The average molecular weight is 319 g/mol. The van der Waals surface area contributed by atoms with Gasteiger partial charge in [-0.1, -0.05) is 48.0 Å². The number of benzene rings is 1. The lowest BCUT2D eigenvalue weighted by Crippen LogP contribution is -2.24. The minimum absolute atomic E-state index is 0.0392. The SMILES string of the molecule is O=C(NCC=Cc1ccc(O)c(Cl)n1)OCc1ccccc1. The maximum Gasteiger partial charge on any atom is 0.407 e. The Morgan fingerprint density at radius 3 is 2.77 bits per heavy atom. The van der Waals surface area contributed by atoms with Crippen LogP contribution < -0.4 is 5.32 Å². The summed E-state index contributed by atoms with van der Waals surface area (Å²) in [5, 5.41) is 11.9. The lowest BCUT2D eigenvalue weighted by Gasteiger charge is -2.05. The van der Waals surface area contributed by atoms with Gasteiger partial charge < -0.3 is 15.2 Å². The third-order valence-electron chi connectivity index (χ3n) is 2.72. The van der Waals surface area contributed by atoms with Crippen molar-refractivity contribution in [1.82, 2.24) is 10.3 Å². The van der Waals surface area contributed by atoms with E-state index in [0.29, 0.717) is 12.2 Å². The molecule has 0 atom stereocenters. The molecule has 0 radical (unpaired) electrons. The van der Waals surface area contributed by atoms with Crippen molar-refractivity contribution in [3.8, 4) is 5.75 Å². The summed E-state index contributed by atoms with van der Waals surface area (Å²) in [6.45, 7) is 0.527. The zero-order valence-corrected chi connectivity index (χ0v) is 12.5. The van der Waals surface area contributed by atoms with E-state index in [4.69, 9.17) is 16.3 Å². The molecule has 0 fully saturated rings. The van der Waals surface area contributed by atoms with E-state index < -0.39 is 6.09 Å². The van der Waals surface area contributed by atoms with E-state index in [2.05, 4.69) is 10.3 Å². The van der Waals surface area contributed by atoms with E-state index in [-0.39, 0.29) is 17.5 Å². The molecule has 0 unspecified atom stereocenters. The molecule has 0 aliphatic heterocycles. The van der Waals surface area contributed by atoms with Crippen LogP contribution in [0.3, 0.4) is 0 Å². The maximum absolute atomic E-state index is 11.5. The zero-order valence-electron chi connectivity index (χ0n) is 11.7. The lowest BCUT2D eigenvalue weighted by molar-refractivity contribution is 0.141. The molecule has 22 heavy (non-hydrogen) atoms. The van der Waals surface area contributed by atoms with Crippen molar-refractivity contribution in [2.75, 3.05) is 6.54 Å². The number of amides is 1. The normalized spacial score (nSPS) is 10.6. The summed E-state index contributed by atoms with van der Waals surface area (Å²) >= 11 is 5.69. The summed E-state index contributed by atoms with van der Waals surface area (Å²) in [7, 11) is 0. The molecule has 0 aliphatic carbocycles. The molecule has 0 saturated heterocycles. The molecule has 0 bridgehead atoms. The highest BCUT2D eigenvalue weighted by molar-refractivity contribution is 6.30. The number of aromatic nitrogens is 1. The number of alkyl carbamates (subject to hydrolysis) is 1. The first-order valence-electron chi connectivity index (χ1n) is 6.62. The largest absolute Gasteiger partial charge is 0.505 e. The van der Waals surface area contributed by atoms with E-state index in [1.54, 1.807) is 18.2 Å². The van der Waals surface area contributed by atoms with E-state index >= 15 is 0 Å². The van der Waals surface area contributed by atoms with Gasteiger partial charge in [-0.15, -0.1) is 0 Å². The van der Waals surface area contributed by atoms with Gasteiger partial charge in [-0.3, -0.25) is 0 Å². The number of halogens is 1. The smallest absolute Gasteiger partial charge is 0.407 e. The van der Waals surface area contributed by atoms with Crippen LogP contribution in [0.4, 0.5) is 4.79 Å². The number of ether oxygens (including phenoxy) is 1. The number of nitrogens with zero attached hydrogens (tertiary/aromatic N) is 1. The van der Waals surface area contributed by atoms with Gasteiger partial charge in [-0.25, -0.2) is 9.78 Å². The summed E-state index contributed by atoms with van der Waals surface area (Å²) < 4.78 is 5.06. The van der Waals surface area contributed by atoms with Crippen LogP contribution in [0.25, 0.3) is 6.08 Å². The molecule has 0 saturated carbocycles. The Morgan fingerprint density at radius 2 is 2.05 bits per heavy atom. The van der Waals surface area contributed by atoms with E-state index in [1.807, 2.05) is 30.3 Å². The Kier molecular flexibility index (Phi) is 5.80. The van der Waals surface area contributed by atoms with Gasteiger partial charge in [0.2, 0.25) is 0 Å². The second kappa shape index (κ2) is 8.05. The Bertz CT molecular complexity index is 660. The van der Waals surface area contributed by atoms with Crippen molar-refractivity contribution in [2.24, 2.45) is 0 Å². The van der Waals surface area contributed by atoms with Gasteiger partial charge in [0.25, 0.3) is 0 Å². The Hall–Kier alpha value is -2.53. The first-order chi connectivity index (χ1) is 10.6. The molecule has 0 spiro atoms. The minimum Gasteiger partial charge on any atom is -0.505 e. The van der Waals surface area contributed by atoms with Gasteiger partial charge in [0.15, 0.2) is 10.9 Å². The van der Waals surface area contributed by atoms with Gasteiger partial charge in [-0.2, -0.15) is 0 Å². The molecule has 6 heteroatoms. The van der Waals surface area contributed by atoms with Crippen LogP contribution in [0.1, 0.15) is 11.3 Å². The molecule has 2 N–H and O–H groups in total. The summed E-state index contributed by atoms with van der Waals surface area (Å²) in [6, 6.07) is 12.5. The standard InChI is InChI=1S/C16H15ClN2O3/c17-15-14(20)9-8-13(19-15)7-4-10-18-16(21)22-11-12-5-2-1-3-6-12/h1-9,20H,10-11H2,(H,18,21). The third kappa shape index (κ3) is 5.10. The molecule has 1 aromatic carbocycles. The fourth-order valence-corrected chi connectivity index (χ4v) is 1.79. The van der Waals surface area contributed by atoms with Crippen molar-refractivity contribution in [2.45, 2.75) is 6.61 Å². The fourth-order valence-electron chi connectivity index (χ4n) is 1.63. The molecule has 5 nitrogen and oxygen atoms in total. The molecule has 114 valence electrons. The molecular formula is C16H15ClN2O3. The Balaban J connectivity index is 1.72. The van der Waals surface area contributed by atoms with Crippen LogP contribution >= 0.6 is 11.6 Å². The van der Waals surface area contributed by atoms with Crippen LogP contribution in [0.5, 0.6) is 5.75 Å². The lowest BCUT2D eigenvalue weighted by atomic mass is 10.2. The maximum atomic E-state index is 11.5. The number of aromatic hydroxyl groups is 1. The number of rotatable bonds is 5. The predicted molar refractivity (Wildman–Crippen MR) is 84.6 cm³/mol. The van der Waals surface area contributed by atoms with E-state index in [1.165, 1.54) is 6.07 Å². The summed E-state index contributed by atoms with van der Waals surface area (Å²) in [5.74, 6) is -0.0681. The van der Waals surface area contributed by atoms with Crippen molar-refractivity contribution < 1.29 is 14.6 Å². The van der Waals surface area contributed by atoms with Crippen LogP contribution in [-0.4, -0.2) is 22.7 Å². The number of carbonyl (C=O) groups excluding carboxylic acids is 1. The van der Waals surface area contributed by atoms with Crippen LogP contribution in [0.15, 0.2) is 48.5 Å². The zero-order chi connectivity index (χ0) is 15.8. The quantitative estimate of drug-likeness (QED) is 0.829. The number of carbonyl (C=O) groups is 1. The van der Waals surface area contributed by atoms with Crippen molar-refractivity contribution in [3.05, 3.63) is 65.0 Å². The first kappa shape index (κ1) is 15.9. The van der Waals surface area contributed by atoms with Crippen LogP contribution in [0, 0.1) is 0 Å². The molecule has 1 heterocycles. The van der Waals surface area contributed by atoms with E-state index in [9.17, 15) is 9.90 Å². The fraction of sp³-hybridized carbons (Fsp3) is 0.125. The van der Waals surface area contributed by atoms with Crippen molar-refractivity contribution in [3.63, 3.8) is 0 Å². The third-order valence-corrected chi connectivity index (χ3v) is 2.99. The molecule has 1 amide bonds. The van der Waals surface area contributed by atoms with Gasteiger partial charge in [-0.05, 0) is 23.8 Å². The number of nitrogens with one attached hydrogen (secondary N) is 1. The minimum atomic E-state index is -0.495. The second-order valence-electron chi connectivity index (χ2n) is 4.39. The second-order valence-corrected chi connectivity index (χ2v) is 4.75.